The van der Waals surface area contributed by atoms with Gasteiger partial charge in [0.2, 0.25) is 0 Å². The highest BCUT2D eigenvalue weighted by atomic mass is 32.1. The third-order valence-electron chi connectivity index (χ3n) is 3.07. The Balaban J connectivity index is 2.69. The Labute approximate surface area is 138 Å². The molecule has 0 spiro atoms. The summed E-state index contributed by atoms with van der Waals surface area (Å²) in [6, 6.07) is 8.86. The average Bonchev–Trinajstić information content (AvgIpc) is 2.46. The van der Waals surface area contributed by atoms with E-state index < -0.39 is 29.2 Å². The van der Waals surface area contributed by atoms with Gasteiger partial charge in [0.05, 0.1) is 11.1 Å². The zero-order valence-corrected chi connectivity index (χ0v) is 12.6. The maximum atomic E-state index is 13.0. The molecule has 2 aromatic carbocycles. The summed E-state index contributed by atoms with van der Waals surface area (Å²) in [6.07, 6.45) is -9.90. The van der Waals surface area contributed by atoms with Crippen molar-refractivity contribution in [3.63, 3.8) is 0 Å². The van der Waals surface area contributed by atoms with E-state index in [-0.39, 0.29) is 16.9 Å². The normalized spacial score (nSPS) is 12.1. The van der Waals surface area contributed by atoms with Gasteiger partial charge in [0.15, 0.2) is 5.11 Å². The highest BCUT2D eigenvalue weighted by Crippen LogP contribution is 2.39. The van der Waals surface area contributed by atoms with Crippen LogP contribution in [-0.2, 0) is 12.4 Å². The summed E-state index contributed by atoms with van der Waals surface area (Å²) in [7, 11) is 0. The van der Waals surface area contributed by atoms with E-state index in [2.05, 4.69) is 0 Å². The van der Waals surface area contributed by atoms with E-state index in [0.717, 1.165) is 4.90 Å². The summed E-state index contributed by atoms with van der Waals surface area (Å²) in [6.45, 7) is 0. The molecular weight excluding hydrogens is 354 g/mol. The SMILES string of the molecule is NC(=S)N(c1ccccc1)c1cc(C(F)(F)F)cc(C(F)(F)F)c1. The average molecular weight is 364 g/mol. The van der Waals surface area contributed by atoms with Crippen LogP contribution in [0.5, 0.6) is 0 Å². The summed E-state index contributed by atoms with van der Waals surface area (Å²) in [5.74, 6) is 0. The Hall–Kier alpha value is -2.29. The van der Waals surface area contributed by atoms with Crippen LogP contribution in [-0.4, -0.2) is 5.11 Å². The lowest BCUT2D eigenvalue weighted by Gasteiger charge is -2.25. The van der Waals surface area contributed by atoms with Crippen LogP contribution in [0.25, 0.3) is 0 Å². The van der Waals surface area contributed by atoms with Crippen LogP contribution < -0.4 is 10.6 Å². The third kappa shape index (κ3) is 3.97. The minimum atomic E-state index is -4.95. The second-order valence-electron chi connectivity index (χ2n) is 4.77. The fourth-order valence-electron chi connectivity index (χ4n) is 2.05. The van der Waals surface area contributed by atoms with Crippen LogP contribution in [0.1, 0.15) is 11.1 Å². The van der Waals surface area contributed by atoms with Gasteiger partial charge in [0, 0.05) is 11.4 Å². The molecule has 2 nitrogen and oxygen atoms in total. The van der Waals surface area contributed by atoms with E-state index in [0.29, 0.717) is 12.1 Å². The molecule has 128 valence electrons. The van der Waals surface area contributed by atoms with Crippen molar-refractivity contribution in [1.29, 1.82) is 0 Å². The van der Waals surface area contributed by atoms with Crippen molar-refractivity contribution in [2.75, 3.05) is 4.90 Å². The number of nitrogens with zero attached hydrogens (tertiary/aromatic N) is 1. The summed E-state index contributed by atoms with van der Waals surface area (Å²) in [4.78, 5) is 0.944. The van der Waals surface area contributed by atoms with Gasteiger partial charge in [-0.05, 0) is 42.5 Å². The number of anilines is 2. The number of halogens is 6. The van der Waals surface area contributed by atoms with Gasteiger partial charge in [-0.15, -0.1) is 0 Å². The Kier molecular flexibility index (Phi) is 4.75. The molecular formula is C15H10F6N2S. The molecule has 0 bridgehead atoms. The van der Waals surface area contributed by atoms with E-state index in [1.54, 1.807) is 18.2 Å². The van der Waals surface area contributed by atoms with E-state index in [4.69, 9.17) is 18.0 Å². The first-order valence-corrected chi connectivity index (χ1v) is 6.85. The van der Waals surface area contributed by atoms with Crippen LogP contribution in [0, 0.1) is 0 Å². The zero-order chi connectivity index (χ0) is 18.1. The van der Waals surface area contributed by atoms with E-state index in [1.807, 2.05) is 0 Å². The Morgan fingerprint density at radius 3 is 1.62 bits per heavy atom. The van der Waals surface area contributed by atoms with Crippen molar-refractivity contribution in [1.82, 2.24) is 0 Å². The molecule has 0 unspecified atom stereocenters. The van der Waals surface area contributed by atoms with Crippen molar-refractivity contribution in [3.8, 4) is 0 Å². The lowest BCUT2D eigenvalue weighted by molar-refractivity contribution is -0.143. The fourth-order valence-corrected chi connectivity index (χ4v) is 2.26. The van der Waals surface area contributed by atoms with Gasteiger partial charge in [-0.25, -0.2) is 0 Å². The number of thiocarbonyl (C=S) groups is 1. The van der Waals surface area contributed by atoms with Gasteiger partial charge >= 0.3 is 12.4 Å². The molecule has 0 aliphatic heterocycles. The van der Waals surface area contributed by atoms with Gasteiger partial charge in [-0.1, -0.05) is 18.2 Å². The van der Waals surface area contributed by atoms with E-state index in [1.165, 1.54) is 12.1 Å². The van der Waals surface area contributed by atoms with Gasteiger partial charge < -0.3 is 5.73 Å². The molecule has 2 N–H and O–H groups in total. The van der Waals surface area contributed by atoms with Crippen molar-refractivity contribution in [2.24, 2.45) is 5.73 Å². The number of rotatable bonds is 2. The molecule has 0 radical (unpaired) electrons. The molecule has 0 aliphatic carbocycles. The maximum absolute atomic E-state index is 13.0. The second-order valence-corrected chi connectivity index (χ2v) is 5.19. The van der Waals surface area contributed by atoms with Gasteiger partial charge in [-0.3, -0.25) is 4.90 Å². The van der Waals surface area contributed by atoms with Crippen LogP contribution >= 0.6 is 12.2 Å². The van der Waals surface area contributed by atoms with Crippen molar-refractivity contribution < 1.29 is 26.3 Å². The highest BCUT2D eigenvalue weighted by molar-refractivity contribution is 7.80. The number of hydrogen-bond donors (Lipinski definition) is 1. The van der Waals surface area contributed by atoms with Crippen LogP contribution in [0.2, 0.25) is 0 Å². The quantitative estimate of drug-likeness (QED) is 0.593. The van der Waals surface area contributed by atoms with Crippen molar-refractivity contribution >= 4 is 28.7 Å². The van der Waals surface area contributed by atoms with E-state index in [9.17, 15) is 26.3 Å². The summed E-state index contributed by atoms with van der Waals surface area (Å²) >= 11 is 4.80. The number of hydrogen-bond acceptors (Lipinski definition) is 1. The Morgan fingerprint density at radius 1 is 0.792 bits per heavy atom. The number of nitrogens with two attached hydrogens (primary N) is 1. The molecule has 0 heterocycles. The molecule has 2 aromatic rings. The predicted molar refractivity (Wildman–Crippen MR) is 81.8 cm³/mol. The molecule has 2 rings (SSSR count). The van der Waals surface area contributed by atoms with Crippen molar-refractivity contribution in [2.45, 2.75) is 12.4 Å². The zero-order valence-electron chi connectivity index (χ0n) is 11.8. The molecule has 0 saturated heterocycles. The van der Waals surface area contributed by atoms with Crippen LogP contribution in [0.4, 0.5) is 37.7 Å². The highest BCUT2D eigenvalue weighted by Gasteiger charge is 2.37. The lowest BCUT2D eigenvalue weighted by Crippen LogP contribution is -2.31. The summed E-state index contributed by atoms with van der Waals surface area (Å²) in [5.41, 5.74) is 2.46. The molecule has 9 heteroatoms. The molecule has 0 atom stereocenters. The lowest BCUT2D eigenvalue weighted by atomic mass is 10.1. The first-order chi connectivity index (χ1) is 11.0. The van der Waals surface area contributed by atoms with Gasteiger partial charge in [-0.2, -0.15) is 26.3 Å². The minimum Gasteiger partial charge on any atom is -0.376 e. The third-order valence-corrected chi connectivity index (χ3v) is 3.25. The fraction of sp³-hybridized carbons (Fsp3) is 0.133. The summed E-state index contributed by atoms with van der Waals surface area (Å²) in [5, 5.41) is -0.381. The Bertz CT molecular complexity index is 708. The molecule has 0 amide bonds. The maximum Gasteiger partial charge on any atom is 0.416 e. The van der Waals surface area contributed by atoms with Gasteiger partial charge in [0.25, 0.3) is 0 Å². The smallest absolute Gasteiger partial charge is 0.376 e. The van der Waals surface area contributed by atoms with E-state index >= 15 is 0 Å². The van der Waals surface area contributed by atoms with Crippen LogP contribution in [0.15, 0.2) is 48.5 Å². The molecule has 0 aromatic heterocycles. The predicted octanol–water partition coefficient (Wildman–Crippen LogP) is 5.11. The monoisotopic (exact) mass is 364 g/mol. The van der Waals surface area contributed by atoms with Crippen LogP contribution in [0.3, 0.4) is 0 Å². The standard InChI is InChI=1S/C15H10F6N2S/c16-14(17,18)9-6-10(15(19,20)21)8-12(7-9)23(13(22)24)11-4-2-1-3-5-11/h1-8H,(H2,22,24). The molecule has 0 fully saturated rings. The van der Waals surface area contributed by atoms with Crippen molar-refractivity contribution in [3.05, 3.63) is 59.7 Å². The number of para-hydroxylation sites is 1. The van der Waals surface area contributed by atoms with Gasteiger partial charge in [0.1, 0.15) is 0 Å². The number of benzene rings is 2. The Morgan fingerprint density at radius 2 is 1.25 bits per heavy atom. The largest absolute Gasteiger partial charge is 0.416 e. The topological polar surface area (TPSA) is 29.3 Å². The minimum absolute atomic E-state index is 0.0479. The molecule has 0 aliphatic rings. The first kappa shape index (κ1) is 18.1. The molecule has 24 heavy (non-hydrogen) atoms. The molecule has 0 saturated carbocycles. The number of alkyl halides is 6. The first-order valence-electron chi connectivity index (χ1n) is 6.44. The summed E-state index contributed by atoms with van der Waals surface area (Å²) < 4.78 is 77.7. The second kappa shape index (κ2) is 6.31.